The van der Waals surface area contributed by atoms with Crippen LogP contribution in [0.1, 0.15) is 73.4 Å². The molecule has 0 atom stereocenters. The average Bonchev–Trinajstić information content (AvgIpc) is 3.45. The number of nitrogens with zero attached hydrogens (tertiary/aromatic N) is 5. The van der Waals surface area contributed by atoms with Gasteiger partial charge in [-0.1, -0.05) is 6.92 Å². The Labute approximate surface area is 214 Å². The Bertz CT molecular complexity index is 1480. The lowest BCUT2D eigenvalue weighted by Gasteiger charge is -2.45. The molecule has 0 bridgehead atoms. The molecule has 1 amide bonds. The summed E-state index contributed by atoms with van der Waals surface area (Å²) < 4.78 is 16.5. The number of fused-ring (bicyclic) bond motifs is 1. The molecule has 4 aromatic rings. The molecule has 2 saturated carbocycles. The van der Waals surface area contributed by atoms with Crippen LogP contribution < -0.4 is 10.6 Å². The minimum Gasteiger partial charge on any atom is -0.357 e. The molecular formula is C27H31FN8O. The second kappa shape index (κ2) is 8.72. The molecule has 0 saturated heterocycles. The number of nitrogens with one attached hydrogen (secondary N) is 3. The van der Waals surface area contributed by atoms with E-state index in [9.17, 15) is 9.18 Å². The van der Waals surface area contributed by atoms with E-state index in [1.807, 2.05) is 23.9 Å². The average molecular weight is 503 g/mol. The smallest absolute Gasteiger partial charge is 0.274 e. The number of hydrogen-bond donors (Lipinski definition) is 3. The number of carbonyl (C=O) groups excluding carboxylic acids is 1. The van der Waals surface area contributed by atoms with E-state index in [0.717, 1.165) is 42.6 Å². The van der Waals surface area contributed by atoms with Gasteiger partial charge in [0, 0.05) is 31.5 Å². The van der Waals surface area contributed by atoms with Gasteiger partial charge in [-0.15, -0.1) is 10.2 Å². The maximum atomic E-state index is 14.5. The maximum absolute atomic E-state index is 14.5. The summed E-state index contributed by atoms with van der Waals surface area (Å²) in [5.74, 6) is 0.556. The van der Waals surface area contributed by atoms with Gasteiger partial charge in [-0.05, 0) is 68.2 Å². The number of aryl methyl sites for hydroxylation is 1. The molecule has 0 radical (unpaired) electrons. The third kappa shape index (κ3) is 4.09. The van der Waals surface area contributed by atoms with Crippen molar-refractivity contribution in [3.63, 3.8) is 0 Å². The Hall–Kier alpha value is -3.66. The number of halogens is 1. The maximum Gasteiger partial charge on any atom is 0.274 e. The van der Waals surface area contributed by atoms with Crippen LogP contribution in [0.4, 0.5) is 10.1 Å². The quantitative estimate of drug-likeness (QED) is 0.349. The summed E-state index contributed by atoms with van der Waals surface area (Å²) in [6.45, 7) is 4.92. The van der Waals surface area contributed by atoms with Crippen LogP contribution in [0.2, 0.25) is 0 Å². The summed E-state index contributed by atoms with van der Waals surface area (Å²) in [5.41, 5.74) is 3.07. The highest BCUT2D eigenvalue weighted by Gasteiger charge is 2.48. The van der Waals surface area contributed by atoms with Gasteiger partial charge in [-0.3, -0.25) is 9.78 Å². The summed E-state index contributed by atoms with van der Waals surface area (Å²) in [7, 11) is 1.94. The molecule has 0 unspecified atom stereocenters. The number of aromatic nitrogens is 6. The lowest BCUT2D eigenvalue weighted by atomic mass is 9.59. The highest BCUT2D eigenvalue weighted by atomic mass is 19.1. The normalized spacial score (nSPS) is 22.4. The molecule has 2 fully saturated rings. The van der Waals surface area contributed by atoms with Gasteiger partial charge < -0.3 is 20.2 Å². The van der Waals surface area contributed by atoms with Crippen LogP contribution in [0.3, 0.4) is 0 Å². The van der Waals surface area contributed by atoms with Crippen molar-refractivity contribution in [3.05, 3.63) is 65.5 Å². The van der Waals surface area contributed by atoms with Gasteiger partial charge in [0.2, 0.25) is 0 Å². The van der Waals surface area contributed by atoms with Gasteiger partial charge >= 0.3 is 0 Å². The fourth-order valence-electron chi connectivity index (χ4n) is 5.94. The standard InChI is InChI=1S/C27H31FN8O/c1-16-9-27(10-16,25-35-32-15-36(25)3)18-8-19(13-29-12-18)33-24(37)21-7-17(11-31-26(2)5-4-6-26)22-23(34-21)20(28)14-30-22/h7-8,12-16,30-31H,4-6,9-11H2,1-3H3,(H,33,37). The summed E-state index contributed by atoms with van der Waals surface area (Å²) in [4.78, 5) is 25.0. The Morgan fingerprint density at radius 1 is 1.27 bits per heavy atom. The molecule has 6 rings (SSSR count). The number of aromatic amines is 1. The Balaban J connectivity index is 1.28. The molecule has 0 spiro atoms. The fourth-order valence-corrected chi connectivity index (χ4v) is 5.94. The van der Waals surface area contributed by atoms with Crippen LogP contribution in [-0.4, -0.2) is 41.2 Å². The van der Waals surface area contributed by atoms with Crippen LogP contribution in [-0.2, 0) is 19.0 Å². The van der Waals surface area contributed by atoms with Crippen LogP contribution >= 0.6 is 0 Å². The van der Waals surface area contributed by atoms with Gasteiger partial charge in [-0.2, -0.15) is 0 Å². The number of rotatable bonds is 7. The largest absolute Gasteiger partial charge is 0.357 e. The monoisotopic (exact) mass is 502 g/mol. The number of hydrogen-bond acceptors (Lipinski definition) is 6. The van der Waals surface area contributed by atoms with Crippen molar-refractivity contribution in [2.24, 2.45) is 13.0 Å². The van der Waals surface area contributed by atoms with E-state index in [1.54, 1.807) is 18.6 Å². The highest BCUT2D eigenvalue weighted by molar-refractivity contribution is 6.04. The van der Waals surface area contributed by atoms with Crippen LogP contribution in [0.15, 0.2) is 37.1 Å². The molecule has 192 valence electrons. The van der Waals surface area contributed by atoms with Crippen LogP contribution in [0.5, 0.6) is 0 Å². The summed E-state index contributed by atoms with van der Waals surface area (Å²) in [5, 5.41) is 15.0. The minimum absolute atomic E-state index is 0.0764. The lowest BCUT2D eigenvalue weighted by Crippen LogP contribution is -2.47. The number of amides is 1. The molecular weight excluding hydrogens is 471 g/mol. The first-order valence-electron chi connectivity index (χ1n) is 12.8. The Kier molecular flexibility index (Phi) is 5.59. The number of H-pyrrole nitrogens is 1. The second-order valence-corrected chi connectivity index (χ2v) is 11.1. The number of anilines is 1. The summed E-state index contributed by atoms with van der Waals surface area (Å²) in [6.07, 6.45) is 11.7. The zero-order valence-electron chi connectivity index (χ0n) is 21.3. The van der Waals surface area contributed by atoms with Crippen LogP contribution in [0, 0.1) is 11.7 Å². The molecule has 10 heteroatoms. The van der Waals surface area contributed by atoms with Gasteiger partial charge in [0.05, 0.1) is 22.8 Å². The van der Waals surface area contributed by atoms with Crippen molar-refractivity contribution in [2.75, 3.05) is 5.32 Å². The topological polar surface area (TPSA) is 113 Å². The molecule has 9 nitrogen and oxygen atoms in total. The lowest BCUT2D eigenvalue weighted by molar-refractivity contribution is 0.102. The molecule has 0 aliphatic heterocycles. The van der Waals surface area contributed by atoms with E-state index in [0.29, 0.717) is 23.7 Å². The summed E-state index contributed by atoms with van der Waals surface area (Å²) >= 11 is 0. The van der Waals surface area contributed by atoms with Gasteiger partial charge in [0.15, 0.2) is 5.82 Å². The van der Waals surface area contributed by atoms with E-state index in [2.05, 4.69) is 49.6 Å². The first-order valence-corrected chi connectivity index (χ1v) is 12.8. The van der Waals surface area contributed by atoms with Gasteiger partial charge in [0.1, 0.15) is 23.4 Å². The molecule has 37 heavy (non-hydrogen) atoms. The van der Waals surface area contributed by atoms with Crippen molar-refractivity contribution in [1.29, 1.82) is 0 Å². The van der Waals surface area contributed by atoms with E-state index < -0.39 is 11.7 Å². The Morgan fingerprint density at radius 2 is 2.08 bits per heavy atom. The van der Waals surface area contributed by atoms with Gasteiger partial charge in [0.25, 0.3) is 5.91 Å². The fraction of sp³-hybridized carbons (Fsp3) is 0.444. The van der Waals surface area contributed by atoms with Gasteiger partial charge in [-0.25, -0.2) is 9.37 Å². The highest BCUT2D eigenvalue weighted by Crippen LogP contribution is 2.51. The first kappa shape index (κ1) is 23.7. The second-order valence-electron chi connectivity index (χ2n) is 11.1. The molecule has 2 aliphatic carbocycles. The van der Waals surface area contributed by atoms with Crippen molar-refractivity contribution >= 4 is 22.6 Å². The van der Waals surface area contributed by atoms with Crippen molar-refractivity contribution < 1.29 is 9.18 Å². The third-order valence-electron chi connectivity index (χ3n) is 8.15. The number of carbonyl (C=O) groups is 1. The van der Waals surface area contributed by atoms with E-state index in [4.69, 9.17) is 0 Å². The SMILES string of the molecule is CC1CC(c2cncc(NC(=O)c3cc(CNC4(C)CCC4)c4[nH]cc(F)c4n3)c2)(c2nncn2C)C1. The predicted molar refractivity (Wildman–Crippen MR) is 138 cm³/mol. The molecule has 4 aromatic heterocycles. The van der Waals surface area contributed by atoms with E-state index in [1.165, 1.54) is 12.6 Å². The van der Waals surface area contributed by atoms with Crippen LogP contribution in [0.25, 0.3) is 11.0 Å². The number of pyridine rings is 2. The zero-order chi connectivity index (χ0) is 25.8. The molecule has 2 aliphatic rings. The van der Waals surface area contributed by atoms with E-state index in [-0.39, 0.29) is 22.2 Å². The third-order valence-corrected chi connectivity index (χ3v) is 8.15. The van der Waals surface area contributed by atoms with Crippen molar-refractivity contribution in [2.45, 2.75) is 63.5 Å². The van der Waals surface area contributed by atoms with Crippen molar-refractivity contribution in [3.8, 4) is 0 Å². The molecule has 4 heterocycles. The predicted octanol–water partition coefficient (Wildman–Crippen LogP) is 4.23. The molecule has 0 aromatic carbocycles. The summed E-state index contributed by atoms with van der Waals surface area (Å²) in [6, 6.07) is 3.68. The minimum atomic E-state index is -0.478. The molecule has 3 N–H and O–H groups in total. The first-order chi connectivity index (χ1) is 17.8. The van der Waals surface area contributed by atoms with Crippen molar-refractivity contribution in [1.82, 2.24) is 35.0 Å². The Morgan fingerprint density at radius 3 is 2.76 bits per heavy atom. The van der Waals surface area contributed by atoms with E-state index >= 15 is 0 Å². The zero-order valence-corrected chi connectivity index (χ0v) is 21.3.